The van der Waals surface area contributed by atoms with Gasteiger partial charge in [0.1, 0.15) is 0 Å². The number of nitrogens with one attached hydrogen (secondary N) is 2. The maximum Gasteiger partial charge on any atom is 0.220 e. The minimum Gasteiger partial charge on any atom is -0.349 e. The molecule has 1 aromatic carbocycles. The molecular formula is C19H26N4OS. The first kappa shape index (κ1) is 17.9. The molecule has 0 fully saturated rings. The van der Waals surface area contributed by atoms with E-state index >= 15 is 0 Å². The number of benzene rings is 1. The van der Waals surface area contributed by atoms with Crippen molar-refractivity contribution in [1.82, 2.24) is 20.1 Å². The predicted molar refractivity (Wildman–Crippen MR) is 101 cm³/mol. The van der Waals surface area contributed by atoms with Crippen LogP contribution in [0.15, 0.2) is 24.3 Å². The molecule has 1 heterocycles. The summed E-state index contributed by atoms with van der Waals surface area (Å²) in [5.74, 6) is 1.12. The fraction of sp³-hybridized carbons (Fsp3) is 0.526. The Labute approximate surface area is 153 Å². The summed E-state index contributed by atoms with van der Waals surface area (Å²) in [5, 5.41) is 9.97. The molecule has 2 aromatic rings. The number of nitrogens with zero attached hydrogens (tertiary/aromatic N) is 2. The maximum absolute atomic E-state index is 12.5. The second-order valence-corrected chi connectivity index (χ2v) is 7.76. The van der Waals surface area contributed by atoms with Crippen molar-refractivity contribution < 1.29 is 4.79 Å². The number of rotatable bonds is 5. The van der Waals surface area contributed by atoms with Gasteiger partial charge in [-0.3, -0.25) is 9.89 Å². The SMILES string of the molecule is CCn1c(CNC(=O)C[C@H]2CCC(C)(C)c3ccccc32)n[nH]c1=S. The van der Waals surface area contributed by atoms with Gasteiger partial charge in [-0.15, -0.1) is 0 Å². The minimum absolute atomic E-state index is 0.0658. The third-order valence-corrected chi connectivity index (χ3v) is 5.59. The van der Waals surface area contributed by atoms with Crippen molar-refractivity contribution in [1.29, 1.82) is 0 Å². The molecule has 1 atom stereocenters. The number of fused-ring (bicyclic) bond motifs is 1. The summed E-state index contributed by atoms with van der Waals surface area (Å²) in [4.78, 5) is 12.5. The van der Waals surface area contributed by atoms with Crippen LogP contribution in [0.4, 0.5) is 0 Å². The number of hydrogen-bond donors (Lipinski definition) is 2. The van der Waals surface area contributed by atoms with Crippen molar-refractivity contribution in [2.24, 2.45) is 0 Å². The summed E-state index contributed by atoms with van der Waals surface area (Å²) < 4.78 is 2.49. The Balaban J connectivity index is 1.66. The summed E-state index contributed by atoms with van der Waals surface area (Å²) in [5.41, 5.74) is 2.89. The van der Waals surface area contributed by atoms with Crippen molar-refractivity contribution in [3.63, 3.8) is 0 Å². The summed E-state index contributed by atoms with van der Waals surface area (Å²) in [6.45, 7) is 7.73. The summed E-state index contributed by atoms with van der Waals surface area (Å²) in [6.07, 6.45) is 2.67. The average molecular weight is 359 g/mol. The van der Waals surface area contributed by atoms with Gasteiger partial charge in [-0.2, -0.15) is 5.10 Å². The van der Waals surface area contributed by atoms with Gasteiger partial charge in [-0.1, -0.05) is 38.1 Å². The van der Waals surface area contributed by atoms with Crippen LogP contribution in [0.2, 0.25) is 0 Å². The van der Waals surface area contributed by atoms with E-state index in [4.69, 9.17) is 12.2 Å². The molecule has 2 N–H and O–H groups in total. The van der Waals surface area contributed by atoms with Gasteiger partial charge in [0.25, 0.3) is 0 Å². The highest BCUT2D eigenvalue weighted by molar-refractivity contribution is 7.71. The zero-order valence-electron chi connectivity index (χ0n) is 15.1. The van der Waals surface area contributed by atoms with E-state index in [0.29, 0.717) is 17.7 Å². The van der Waals surface area contributed by atoms with Gasteiger partial charge in [0.05, 0.1) is 6.54 Å². The highest BCUT2D eigenvalue weighted by Crippen LogP contribution is 2.43. The minimum atomic E-state index is 0.0658. The van der Waals surface area contributed by atoms with E-state index in [1.807, 2.05) is 11.5 Å². The Kier molecular flexibility index (Phi) is 5.08. The molecule has 3 rings (SSSR count). The topological polar surface area (TPSA) is 62.7 Å². The van der Waals surface area contributed by atoms with Crippen molar-refractivity contribution >= 4 is 18.1 Å². The number of aromatic nitrogens is 3. The number of carbonyl (C=O) groups excluding carboxylic acids is 1. The normalized spacial score (nSPS) is 18.6. The van der Waals surface area contributed by atoms with Crippen LogP contribution in [0.3, 0.4) is 0 Å². The smallest absolute Gasteiger partial charge is 0.220 e. The highest BCUT2D eigenvalue weighted by Gasteiger charge is 2.33. The number of amides is 1. The molecule has 0 spiro atoms. The first-order chi connectivity index (χ1) is 11.9. The van der Waals surface area contributed by atoms with Crippen LogP contribution in [-0.2, 0) is 23.3 Å². The van der Waals surface area contributed by atoms with Gasteiger partial charge in [-0.25, -0.2) is 0 Å². The standard InChI is InChI=1S/C19H26N4OS/c1-4-23-16(21-22-18(23)25)12-20-17(24)11-13-9-10-19(2,3)15-8-6-5-7-14(13)15/h5-8,13H,4,9-12H2,1-3H3,(H,20,24)(H,22,25)/t13-/m1/s1. The Morgan fingerprint density at radius 1 is 1.44 bits per heavy atom. The zero-order valence-corrected chi connectivity index (χ0v) is 15.9. The summed E-state index contributed by atoms with van der Waals surface area (Å²) in [6, 6.07) is 8.55. The summed E-state index contributed by atoms with van der Waals surface area (Å²) in [7, 11) is 0. The van der Waals surface area contributed by atoms with Crippen LogP contribution in [0, 0.1) is 4.77 Å². The fourth-order valence-electron chi connectivity index (χ4n) is 3.79. The molecule has 0 saturated heterocycles. The van der Waals surface area contributed by atoms with Crippen LogP contribution in [0.1, 0.15) is 62.9 Å². The van der Waals surface area contributed by atoms with E-state index in [1.54, 1.807) is 0 Å². The van der Waals surface area contributed by atoms with Crippen LogP contribution in [0.25, 0.3) is 0 Å². The number of H-pyrrole nitrogens is 1. The quantitative estimate of drug-likeness (QED) is 0.799. The summed E-state index contributed by atoms with van der Waals surface area (Å²) >= 11 is 5.18. The van der Waals surface area contributed by atoms with Gasteiger partial charge in [0.15, 0.2) is 10.6 Å². The lowest BCUT2D eigenvalue weighted by Gasteiger charge is -2.37. The first-order valence-electron chi connectivity index (χ1n) is 8.92. The van der Waals surface area contributed by atoms with Crippen LogP contribution < -0.4 is 5.32 Å². The Morgan fingerprint density at radius 3 is 2.96 bits per heavy atom. The van der Waals surface area contributed by atoms with Gasteiger partial charge in [-0.05, 0) is 54.4 Å². The van der Waals surface area contributed by atoms with Crippen molar-refractivity contribution in [3.05, 3.63) is 46.0 Å². The molecule has 0 aliphatic heterocycles. The van der Waals surface area contributed by atoms with Gasteiger partial charge in [0.2, 0.25) is 5.91 Å². The lowest BCUT2D eigenvalue weighted by molar-refractivity contribution is -0.121. The second kappa shape index (κ2) is 7.12. The molecule has 6 heteroatoms. The van der Waals surface area contributed by atoms with Crippen molar-refractivity contribution in [3.8, 4) is 0 Å². The maximum atomic E-state index is 12.5. The predicted octanol–water partition coefficient (Wildman–Crippen LogP) is 3.82. The monoisotopic (exact) mass is 358 g/mol. The van der Waals surface area contributed by atoms with E-state index in [2.05, 4.69) is 53.6 Å². The van der Waals surface area contributed by atoms with Crippen molar-refractivity contribution in [2.75, 3.05) is 0 Å². The van der Waals surface area contributed by atoms with E-state index in [0.717, 1.165) is 25.2 Å². The van der Waals surface area contributed by atoms with E-state index in [1.165, 1.54) is 11.1 Å². The fourth-order valence-corrected chi connectivity index (χ4v) is 4.07. The molecule has 0 saturated carbocycles. The molecular weight excluding hydrogens is 332 g/mol. The van der Waals surface area contributed by atoms with Gasteiger partial charge in [0, 0.05) is 13.0 Å². The average Bonchev–Trinajstić information content (AvgIpc) is 2.96. The molecule has 1 aliphatic rings. The number of aromatic amines is 1. The third kappa shape index (κ3) is 3.68. The Hall–Kier alpha value is -1.95. The first-order valence-corrected chi connectivity index (χ1v) is 9.33. The van der Waals surface area contributed by atoms with Gasteiger partial charge < -0.3 is 9.88 Å². The molecule has 134 valence electrons. The number of hydrogen-bond acceptors (Lipinski definition) is 3. The molecule has 0 unspecified atom stereocenters. The lowest BCUT2D eigenvalue weighted by atomic mass is 9.68. The highest BCUT2D eigenvalue weighted by atomic mass is 32.1. The van der Waals surface area contributed by atoms with Crippen LogP contribution >= 0.6 is 12.2 Å². The number of carbonyl (C=O) groups is 1. The Morgan fingerprint density at radius 2 is 2.20 bits per heavy atom. The van der Waals surface area contributed by atoms with E-state index < -0.39 is 0 Å². The van der Waals surface area contributed by atoms with Gasteiger partial charge >= 0.3 is 0 Å². The molecule has 1 amide bonds. The van der Waals surface area contributed by atoms with E-state index in [-0.39, 0.29) is 17.2 Å². The largest absolute Gasteiger partial charge is 0.349 e. The van der Waals surface area contributed by atoms with E-state index in [9.17, 15) is 4.79 Å². The van der Waals surface area contributed by atoms with Crippen LogP contribution in [0.5, 0.6) is 0 Å². The second-order valence-electron chi connectivity index (χ2n) is 7.38. The molecule has 5 nitrogen and oxygen atoms in total. The van der Waals surface area contributed by atoms with Crippen LogP contribution in [-0.4, -0.2) is 20.7 Å². The molecule has 0 bridgehead atoms. The zero-order chi connectivity index (χ0) is 18.0. The molecule has 25 heavy (non-hydrogen) atoms. The molecule has 1 aromatic heterocycles. The molecule has 1 aliphatic carbocycles. The van der Waals surface area contributed by atoms with Crippen molar-refractivity contribution in [2.45, 2.75) is 64.5 Å². The third-order valence-electron chi connectivity index (χ3n) is 5.28. The Bertz CT molecular complexity index is 821. The molecule has 0 radical (unpaired) electrons. The lowest BCUT2D eigenvalue weighted by Crippen LogP contribution is -2.30.